The zero-order chi connectivity index (χ0) is 15.1. The molecule has 1 unspecified atom stereocenters. The molecule has 0 aromatic carbocycles. The number of ether oxygens (including phenoxy) is 1. The Bertz CT molecular complexity index is 456. The highest BCUT2D eigenvalue weighted by atomic mass is 16.5. The maximum atomic E-state index is 11.9. The van der Waals surface area contributed by atoms with E-state index in [0.717, 1.165) is 13.0 Å². The molecule has 0 spiro atoms. The van der Waals surface area contributed by atoms with Crippen LogP contribution in [-0.2, 0) is 22.5 Å². The molecule has 0 radical (unpaired) electrons. The van der Waals surface area contributed by atoms with Crippen molar-refractivity contribution in [2.75, 3.05) is 26.8 Å². The number of hydrogen-bond acceptors (Lipinski definition) is 3. The number of rotatable bonds is 7. The molecule has 118 valence electrons. The van der Waals surface area contributed by atoms with Crippen molar-refractivity contribution in [3.8, 4) is 0 Å². The predicted molar refractivity (Wildman–Crippen MR) is 83.3 cm³/mol. The third kappa shape index (κ3) is 4.58. The molecule has 1 amide bonds. The first-order valence-corrected chi connectivity index (χ1v) is 7.92. The Balaban J connectivity index is 1.99. The maximum absolute atomic E-state index is 11.9. The fraction of sp³-hybridized carbons (Fsp3) is 0.688. The molecule has 21 heavy (non-hydrogen) atoms. The largest absolute Gasteiger partial charge is 0.383 e. The Morgan fingerprint density at radius 1 is 1.43 bits per heavy atom. The Morgan fingerprint density at radius 3 is 3.05 bits per heavy atom. The molecule has 5 heteroatoms. The van der Waals surface area contributed by atoms with Crippen molar-refractivity contribution in [1.82, 2.24) is 15.2 Å². The molecule has 0 saturated carbocycles. The number of carbonyl (C=O) groups excluding carboxylic acids is 1. The lowest BCUT2D eigenvalue weighted by Gasteiger charge is -2.15. The maximum Gasteiger partial charge on any atom is 0.239 e. The lowest BCUT2D eigenvalue weighted by Crippen LogP contribution is -2.30. The molecule has 1 aromatic rings. The summed E-state index contributed by atoms with van der Waals surface area (Å²) in [6.07, 6.45) is 9.09. The molecule has 0 saturated heterocycles. The van der Waals surface area contributed by atoms with Gasteiger partial charge in [-0.2, -0.15) is 0 Å². The molecule has 0 fully saturated rings. The van der Waals surface area contributed by atoms with E-state index in [1.807, 2.05) is 4.57 Å². The van der Waals surface area contributed by atoms with Gasteiger partial charge in [0.05, 0.1) is 6.61 Å². The third-order valence-electron chi connectivity index (χ3n) is 3.97. The lowest BCUT2D eigenvalue weighted by atomic mass is 10.0. The SMILES string of the molecule is CCNC1CCCCc2cn(CC(=O)NCCOC)cc21. The van der Waals surface area contributed by atoms with Gasteiger partial charge in [-0.25, -0.2) is 0 Å². The van der Waals surface area contributed by atoms with Crippen LogP contribution in [0.5, 0.6) is 0 Å². The van der Waals surface area contributed by atoms with Crippen LogP contribution < -0.4 is 10.6 Å². The molecule has 5 nitrogen and oxygen atoms in total. The second-order valence-electron chi connectivity index (χ2n) is 5.61. The molecule has 1 atom stereocenters. The summed E-state index contributed by atoms with van der Waals surface area (Å²) in [6, 6.07) is 0.435. The molecule has 1 heterocycles. The van der Waals surface area contributed by atoms with E-state index < -0.39 is 0 Å². The van der Waals surface area contributed by atoms with Gasteiger partial charge in [0.25, 0.3) is 0 Å². The van der Waals surface area contributed by atoms with Crippen LogP contribution >= 0.6 is 0 Å². The molecule has 1 aliphatic rings. The minimum absolute atomic E-state index is 0.0391. The summed E-state index contributed by atoms with van der Waals surface area (Å²) in [5.41, 5.74) is 2.77. The standard InChI is InChI=1S/C16H27N3O2/c1-3-17-15-7-5-4-6-13-10-19(11-14(13)15)12-16(20)18-8-9-21-2/h10-11,15,17H,3-9,12H2,1-2H3,(H,18,20). The average Bonchev–Trinajstić information content (AvgIpc) is 2.76. The van der Waals surface area contributed by atoms with Crippen LogP contribution in [0.2, 0.25) is 0 Å². The summed E-state index contributed by atoms with van der Waals surface area (Å²) in [5, 5.41) is 6.42. The summed E-state index contributed by atoms with van der Waals surface area (Å²) >= 11 is 0. The fourth-order valence-electron chi connectivity index (χ4n) is 2.98. The topological polar surface area (TPSA) is 55.3 Å². The van der Waals surface area contributed by atoms with Gasteiger partial charge in [0.2, 0.25) is 5.91 Å². The molecule has 0 aliphatic heterocycles. The fourth-order valence-corrected chi connectivity index (χ4v) is 2.98. The molecule has 1 aliphatic carbocycles. The number of hydrogen-bond donors (Lipinski definition) is 2. The van der Waals surface area contributed by atoms with Crippen molar-refractivity contribution in [3.05, 3.63) is 23.5 Å². The van der Waals surface area contributed by atoms with Crippen LogP contribution in [0, 0.1) is 0 Å². The van der Waals surface area contributed by atoms with Gasteiger partial charge in [0, 0.05) is 32.1 Å². The number of aryl methyl sites for hydroxylation is 1. The van der Waals surface area contributed by atoms with Crippen molar-refractivity contribution in [2.45, 2.75) is 45.2 Å². The highest BCUT2D eigenvalue weighted by molar-refractivity contribution is 5.75. The molecular formula is C16H27N3O2. The van der Waals surface area contributed by atoms with Gasteiger partial charge in [0.15, 0.2) is 0 Å². The second-order valence-corrected chi connectivity index (χ2v) is 5.61. The predicted octanol–water partition coefficient (Wildman–Crippen LogP) is 1.63. The summed E-state index contributed by atoms with van der Waals surface area (Å²) in [6.45, 7) is 4.62. The van der Waals surface area contributed by atoms with E-state index in [0.29, 0.717) is 25.7 Å². The first-order valence-electron chi connectivity index (χ1n) is 7.92. The number of fused-ring (bicyclic) bond motifs is 1. The molecule has 2 rings (SSSR count). The zero-order valence-corrected chi connectivity index (χ0v) is 13.2. The molecule has 0 bridgehead atoms. The number of methoxy groups -OCH3 is 1. The monoisotopic (exact) mass is 293 g/mol. The van der Waals surface area contributed by atoms with Crippen molar-refractivity contribution in [3.63, 3.8) is 0 Å². The number of nitrogens with zero attached hydrogens (tertiary/aromatic N) is 1. The minimum atomic E-state index is 0.0391. The van der Waals surface area contributed by atoms with E-state index in [2.05, 4.69) is 30.0 Å². The van der Waals surface area contributed by atoms with Crippen LogP contribution in [-0.4, -0.2) is 37.3 Å². The number of aromatic nitrogens is 1. The molecule has 1 aromatic heterocycles. The summed E-state index contributed by atoms with van der Waals surface area (Å²) in [7, 11) is 1.63. The first-order chi connectivity index (χ1) is 10.2. The average molecular weight is 293 g/mol. The third-order valence-corrected chi connectivity index (χ3v) is 3.97. The minimum Gasteiger partial charge on any atom is -0.383 e. The van der Waals surface area contributed by atoms with Crippen LogP contribution in [0.4, 0.5) is 0 Å². The molecule has 2 N–H and O–H groups in total. The Kier molecular flexibility index (Phi) is 6.26. The van der Waals surface area contributed by atoms with Crippen molar-refractivity contribution in [2.24, 2.45) is 0 Å². The van der Waals surface area contributed by atoms with Gasteiger partial charge in [0.1, 0.15) is 6.54 Å². The Hall–Kier alpha value is -1.33. The van der Waals surface area contributed by atoms with Gasteiger partial charge in [-0.05, 0) is 36.9 Å². The van der Waals surface area contributed by atoms with Crippen LogP contribution in [0.15, 0.2) is 12.4 Å². The van der Waals surface area contributed by atoms with Gasteiger partial charge >= 0.3 is 0 Å². The van der Waals surface area contributed by atoms with Crippen LogP contribution in [0.1, 0.15) is 43.4 Å². The van der Waals surface area contributed by atoms with Crippen molar-refractivity contribution in [1.29, 1.82) is 0 Å². The zero-order valence-electron chi connectivity index (χ0n) is 13.2. The van der Waals surface area contributed by atoms with Crippen LogP contribution in [0.25, 0.3) is 0 Å². The molecular weight excluding hydrogens is 266 g/mol. The van der Waals surface area contributed by atoms with Gasteiger partial charge in [-0.1, -0.05) is 13.3 Å². The van der Waals surface area contributed by atoms with Crippen molar-refractivity contribution >= 4 is 5.91 Å². The van der Waals surface area contributed by atoms with E-state index in [4.69, 9.17) is 4.74 Å². The second kappa shape index (κ2) is 8.20. The first kappa shape index (κ1) is 16.0. The lowest BCUT2D eigenvalue weighted by molar-refractivity contribution is -0.121. The van der Waals surface area contributed by atoms with E-state index >= 15 is 0 Å². The van der Waals surface area contributed by atoms with E-state index in [1.165, 1.54) is 30.4 Å². The van der Waals surface area contributed by atoms with Gasteiger partial charge in [-0.3, -0.25) is 4.79 Å². The Labute approximate surface area is 127 Å². The summed E-state index contributed by atoms with van der Waals surface area (Å²) in [5.74, 6) is 0.0391. The van der Waals surface area contributed by atoms with E-state index in [1.54, 1.807) is 7.11 Å². The quantitative estimate of drug-likeness (QED) is 0.593. The normalized spacial score (nSPS) is 18.1. The summed E-state index contributed by atoms with van der Waals surface area (Å²) in [4.78, 5) is 11.9. The number of amides is 1. The highest BCUT2D eigenvalue weighted by Gasteiger charge is 2.20. The van der Waals surface area contributed by atoms with Crippen LogP contribution in [0.3, 0.4) is 0 Å². The van der Waals surface area contributed by atoms with Crippen molar-refractivity contribution < 1.29 is 9.53 Å². The summed E-state index contributed by atoms with van der Waals surface area (Å²) < 4.78 is 6.95. The van der Waals surface area contributed by atoms with E-state index in [-0.39, 0.29) is 5.91 Å². The highest BCUT2D eigenvalue weighted by Crippen LogP contribution is 2.29. The Morgan fingerprint density at radius 2 is 2.29 bits per heavy atom. The van der Waals surface area contributed by atoms with Gasteiger partial charge < -0.3 is 19.9 Å². The number of nitrogens with one attached hydrogen (secondary N) is 2. The number of carbonyl (C=O) groups is 1. The van der Waals surface area contributed by atoms with E-state index in [9.17, 15) is 4.79 Å². The smallest absolute Gasteiger partial charge is 0.239 e. The van der Waals surface area contributed by atoms with Gasteiger partial charge in [-0.15, -0.1) is 0 Å².